The lowest BCUT2D eigenvalue weighted by atomic mass is 10.3. The molecule has 0 bridgehead atoms. The number of ketones is 1. The molecule has 4 heteroatoms. The van der Waals surface area contributed by atoms with Crippen LogP contribution < -0.4 is 0 Å². The largest absolute Gasteiger partial charge is 0.293 e. The lowest BCUT2D eigenvalue weighted by Gasteiger charge is -1.95. The van der Waals surface area contributed by atoms with Crippen LogP contribution in [0, 0.1) is 6.92 Å². The van der Waals surface area contributed by atoms with Gasteiger partial charge in [0.25, 0.3) is 0 Å². The van der Waals surface area contributed by atoms with Crippen molar-refractivity contribution in [2.75, 3.05) is 0 Å². The van der Waals surface area contributed by atoms with Gasteiger partial charge >= 0.3 is 0 Å². The Labute approximate surface area is 86.3 Å². The van der Waals surface area contributed by atoms with Crippen LogP contribution in [0.3, 0.4) is 0 Å². The molecule has 0 spiro atoms. The Morgan fingerprint density at radius 3 is 2.93 bits per heavy atom. The van der Waals surface area contributed by atoms with Crippen molar-refractivity contribution in [3.05, 3.63) is 34.7 Å². The fourth-order valence-corrected chi connectivity index (χ4v) is 1.66. The Balaban J connectivity index is 2.79. The van der Waals surface area contributed by atoms with E-state index in [1.54, 1.807) is 4.40 Å². The van der Waals surface area contributed by atoms with Crippen LogP contribution in [0.4, 0.5) is 0 Å². The molecule has 0 amide bonds. The zero-order chi connectivity index (χ0) is 10.3. The summed E-state index contributed by atoms with van der Waals surface area (Å²) in [5.41, 5.74) is 2.13. The SMILES string of the molecule is CC(=O)c1nc2cc(C)ccn2c1Cl. The van der Waals surface area contributed by atoms with E-state index < -0.39 is 0 Å². The molecular weight excluding hydrogens is 200 g/mol. The monoisotopic (exact) mass is 208 g/mol. The lowest BCUT2D eigenvalue weighted by Crippen LogP contribution is -1.92. The van der Waals surface area contributed by atoms with Gasteiger partial charge < -0.3 is 0 Å². The highest BCUT2D eigenvalue weighted by atomic mass is 35.5. The topological polar surface area (TPSA) is 34.4 Å². The number of hydrogen-bond acceptors (Lipinski definition) is 2. The van der Waals surface area contributed by atoms with Gasteiger partial charge in [-0.2, -0.15) is 0 Å². The lowest BCUT2D eigenvalue weighted by molar-refractivity contribution is 0.101. The van der Waals surface area contributed by atoms with E-state index in [9.17, 15) is 4.79 Å². The normalized spacial score (nSPS) is 10.8. The number of hydrogen-bond donors (Lipinski definition) is 0. The van der Waals surface area contributed by atoms with Crippen LogP contribution in [0.25, 0.3) is 5.65 Å². The number of imidazole rings is 1. The molecule has 0 fully saturated rings. The highest BCUT2D eigenvalue weighted by molar-refractivity contribution is 6.32. The molecule has 2 aromatic rings. The molecule has 0 N–H and O–H groups in total. The van der Waals surface area contributed by atoms with E-state index in [4.69, 9.17) is 11.6 Å². The molecule has 0 atom stereocenters. The minimum absolute atomic E-state index is 0.114. The number of aryl methyl sites for hydroxylation is 1. The maximum Gasteiger partial charge on any atom is 0.181 e. The van der Waals surface area contributed by atoms with Crippen molar-refractivity contribution < 1.29 is 4.79 Å². The summed E-state index contributed by atoms with van der Waals surface area (Å²) in [6, 6.07) is 3.81. The molecule has 0 saturated heterocycles. The Hall–Kier alpha value is -1.35. The third-order valence-corrected chi connectivity index (χ3v) is 2.42. The standard InChI is InChI=1S/C10H9ClN2O/c1-6-3-4-13-8(5-6)12-9(7(2)14)10(13)11/h3-5H,1-2H3. The summed E-state index contributed by atoms with van der Waals surface area (Å²) in [6.07, 6.45) is 1.81. The average molecular weight is 209 g/mol. The number of nitrogens with zero attached hydrogens (tertiary/aromatic N) is 2. The molecule has 0 radical (unpaired) electrons. The molecule has 14 heavy (non-hydrogen) atoms. The first-order valence-electron chi connectivity index (χ1n) is 4.25. The molecule has 2 heterocycles. The molecule has 2 rings (SSSR count). The van der Waals surface area contributed by atoms with E-state index in [0.29, 0.717) is 16.5 Å². The Morgan fingerprint density at radius 2 is 2.29 bits per heavy atom. The van der Waals surface area contributed by atoms with Crippen molar-refractivity contribution in [3.8, 4) is 0 Å². The number of carbonyl (C=O) groups excluding carboxylic acids is 1. The van der Waals surface area contributed by atoms with Crippen LogP contribution in [-0.4, -0.2) is 15.2 Å². The second kappa shape index (κ2) is 3.10. The van der Waals surface area contributed by atoms with Gasteiger partial charge in [-0.05, 0) is 24.6 Å². The van der Waals surface area contributed by atoms with Gasteiger partial charge in [0.05, 0.1) is 0 Å². The number of carbonyl (C=O) groups is 1. The summed E-state index contributed by atoms with van der Waals surface area (Å²) in [7, 11) is 0. The van der Waals surface area contributed by atoms with Crippen LogP contribution in [0.1, 0.15) is 23.0 Å². The fourth-order valence-electron chi connectivity index (χ4n) is 1.34. The van der Waals surface area contributed by atoms with Crippen LogP contribution in [0.5, 0.6) is 0 Å². The molecular formula is C10H9ClN2O. The van der Waals surface area contributed by atoms with Crippen molar-refractivity contribution in [1.82, 2.24) is 9.38 Å². The van der Waals surface area contributed by atoms with Gasteiger partial charge in [-0.15, -0.1) is 0 Å². The first-order chi connectivity index (χ1) is 6.59. The molecule has 0 aromatic carbocycles. The summed E-state index contributed by atoms with van der Waals surface area (Å²) in [5.74, 6) is -0.114. The summed E-state index contributed by atoms with van der Waals surface area (Å²) in [5, 5.41) is 0.382. The summed E-state index contributed by atoms with van der Waals surface area (Å²) < 4.78 is 1.70. The Morgan fingerprint density at radius 1 is 1.57 bits per heavy atom. The summed E-state index contributed by atoms with van der Waals surface area (Å²) in [4.78, 5) is 15.3. The van der Waals surface area contributed by atoms with E-state index in [0.717, 1.165) is 5.56 Å². The summed E-state index contributed by atoms with van der Waals surface area (Å²) >= 11 is 5.98. The first kappa shape index (κ1) is 9.21. The third-order valence-electron chi connectivity index (χ3n) is 2.06. The van der Waals surface area contributed by atoms with Gasteiger partial charge in [-0.25, -0.2) is 4.98 Å². The number of aromatic nitrogens is 2. The van der Waals surface area contributed by atoms with Gasteiger partial charge in [0.15, 0.2) is 5.78 Å². The quantitative estimate of drug-likeness (QED) is 0.675. The Kier molecular flexibility index (Phi) is 2.04. The highest BCUT2D eigenvalue weighted by Crippen LogP contribution is 2.19. The molecule has 0 aliphatic heterocycles. The van der Waals surface area contributed by atoms with E-state index in [1.165, 1.54) is 6.92 Å². The minimum Gasteiger partial charge on any atom is -0.293 e. The van der Waals surface area contributed by atoms with Crippen molar-refractivity contribution >= 4 is 23.0 Å². The maximum atomic E-state index is 11.2. The van der Waals surface area contributed by atoms with Crippen molar-refractivity contribution in [2.45, 2.75) is 13.8 Å². The van der Waals surface area contributed by atoms with Gasteiger partial charge in [0, 0.05) is 13.1 Å². The molecule has 0 aliphatic rings. The number of Topliss-reactive ketones (excluding diaryl/α,β-unsaturated/α-hetero) is 1. The Bertz CT molecular complexity index is 516. The van der Waals surface area contributed by atoms with Crippen molar-refractivity contribution in [2.24, 2.45) is 0 Å². The number of pyridine rings is 1. The number of fused-ring (bicyclic) bond motifs is 1. The predicted octanol–water partition coefficient (Wildman–Crippen LogP) is 2.50. The van der Waals surface area contributed by atoms with E-state index in [2.05, 4.69) is 4.98 Å². The molecule has 0 unspecified atom stereocenters. The first-order valence-corrected chi connectivity index (χ1v) is 4.62. The summed E-state index contributed by atoms with van der Waals surface area (Å²) in [6.45, 7) is 3.43. The van der Waals surface area contributed by atoms with Crippen LogP contribution in [0.15, 0.2) is 18.3 Å². The van der Waals surface area contributed by atoms with Crippen molar-refractivity contribution in [3.63, 3.8) is 0 Å². The highest BCUT2D eigenvalue weighted by Gasteiger charge is 2.13. The molecule has 3 nitrogen and oxygen atoms in total. The zero-order valence-corrected chi connectivity index (χ0v) is 8.67. The van der Waals surface area contributed by atoms with Gasteiger partial charge in [0.2, 0.25) is 0 Å². The third kappa shape index (κ3) is 1.30. The van der Waals surface area contributed by atoms with E-state index in [1.807, 2.05) is 25.3 Å². The average Bonchev–Trinajstić information content (AvgIpc) is 2.43. The molecule has 2 aromatic heterocycles. The second-order valence-electron chi connectivity index (χ2n) is 3.24. The second-order valence-corrected chi connectivity index (χ2v) is 3.60. The fraction of sp³-hybridized carbons (Fsp3) is 0.200. The van der Waals surface area contributed by atoms with E-state index in [-0.39, 0.29) is 5.78 Å². The van der Waals surface area contributed by atoms with Crippen LogP contribution in [-0.2, 0) is 0 Å². The van der Waals surface area contributed by atoms with Gasteiger partial charge in [-0.1, -0.05) is 11.6 Å². The van der Waals surface area contributed by atoms with Gasteiger partial charge in [0.1, 0.15) is 16.5 Å². The zero-order valence-electron chi connectivity index (χ0n) is 7.91. The number of rotatable bonds is 1. The minimum atomic E-state index is -0.114. The number of halogens is 1. The predicted molar refractivity (Wildman–Crippen MR) is 54.9 cm³/mol. The molecule has 0 saturated carbocycles. The van der Waals surface area contributed by atoms with E-state index >= 15 is 0 Å². The van der Waals surface area contributed by atoms with Crippen molar-refractivity contribution in [1.29, 1.82) is 0 Å². The van der Waals surface area contributed by atoms with Crippen LogP contribution >= 0.6 is 11.6 Å². The van der Waals surface area contributed by atoms with Gasteiger partial charge in [-0.3, -0.25) is 9.20 Å². The van der Waals surface area contributed by atoms with Crippen LogP contribution in [0.2, 0.25) is 5.15 Å². The molecule has 72 valence electrons. The maximum absolute atomic E-state index is 11.2. The smallest absolute Gasteiger partial charge is 0.181 e. The molecule has 0 aliphatic carbocycles.